The summed E-state index contributed by atoms with van der Waals surface area (Å²) in [6.07, 6.45) is 0.0120. The molecule has 1 aromatic rings. The molecule has 0 aliphatic heterocycles. The fourth-order valence-electron chi connectivity index (χ4n) is 0.984. The first-order valence-electron chi connectivity index (χ1n) is 5.43. The number of ether oxygens (including phenoxy) is 1. The van der Waals surface area contributed by atoms with Crippen molar-refractivity contribution in [2.45, 2.75) is 33.8 Å². The monoisotopic (exact) mass is 195 g/mol. The molecule has 1 rings (SSSR count). The van der Waals surface area contributed by atoms with Crippen LogP contribution in [-0.4, -0.2) is 6.45 Å². The van der Waals surface area contributed by atoms with E-state index in [1.165, 1.54) is 5.56 Å². The molecule has 1 aromatic carbocycles. The van der Waals surface area contributed by atoms with Crippen molar-refractivity contribution < 1.29 is 10.9 Å². The highest BCUT2D eigenvalue weighted by Gasteiger charge is 1.92. The predicted molar refractivity (Wildman–Crippen MR) is 58.0 cm³/mol. The minimum absolute atomic E-state index is 0.187. The van der Waals surface area contributed by atoms with E-state index in [0.717, 1.165) is 12.0 Å². The predicted octanol–water partition coefficient (Wildman–Crippen LogP) is 2.95. The quantitative estimate of drug-likeness (QED) is 0.693. The number of aryl methyl sites for hydroxylation is 1. The Labute approximate surface area is 87.3 Å². The summed E-state index contributed by atoms with van der Waals surface area (Å²) in [5.74, 6) is 0. The lowest BCUT2D eigenvalue weighted by Gasteiger charge is -2.00. The Morgan fingerprint density at radius 2 is 1.79 bits per heavy atom. The van der Waals surface area contributed by atoms with Crippen LogP contribution < -0.4 is 0 Å². The van der Waals surface area contributed by atoms with Gasteiger partial charge in [0, 0.05) is 0 Å². The van der Waals surface area contributed by atoms with Crippen LogP contribution in [0, 0.1) is 0 Å². The number of carbonyl (C=O) groups excluding carboxylic acids is 1. The van der Waals surface area contributed by atoms with Gasteiger partial charge in [-0.2, -0.15) is 0 Å². The van der Waals surface area contributed by atoms with Crippen molar-refractivity contribution in [1.29, 1.82) is 0 Å². The van der Waals surface area contributed by atoms with Crippen molar-refractivity contribution >= 4 is 6.45 Å². The third-order valence-corrected chi connectivity index (χ3v) is 1.73. The molecular formula is C12H18O2. The fraction of sp³-hybridized carbons (Fsp3) is 0.417. The average molecular weight is 195 g/mol. The molecule has 0 spiro atoms. The average Bonchev–Trinajstić information content (AvgIpc) is 2.30. The lowest BCUT2D eigenvalue weighted by molar-refractivity contribution is -0.129. The molecule has 78 valence electrons. The Balaban J connectivity index is 0.000000921. The van der Waals surface area contributed by atoms with Crippen molar-refractivity contribution in [2.75, 3.05) is 0 Å². The zero-order valence-electron chi connectivity index (χ0n) is 10.0. The molecular weight excluding hydrogens is 176 g/mol. The molecule has 0 radical (unpaired) electrons. The largest absolute Gasteiger partial charge is 0.463 e. The molecule has 0 saturated heterocycles. The van der Waals surface area contributed by atoms with Crippen LogP contribution in [-0.2, 0) is 22.6 Å². The molecule has 0 aromatic heterocycles. The minimum Gasteiger partial charge on any atom is -0.463 e. The van der Waals surface area contributed by atoms with Gasteiger partial charge in [0.15, 0.2) is 1.37 Å². The summed E-state index contributed by atoms with van der Waals surface area (Å²) in [6, 6.07) is 7.80. The molecule has 14 heavy (non-hydrogen) atoms. The maximum Gasteiger partial charge on any atom is 0.293 e. The number of hydrogen-bond donors (Lipinski definition) is 0. The molecule has 0 fully saturated rings. The van der Waals surface area contributed by atoms with Crippen molar-refractivity contribution in [3.63, 3.8) is 0 Å². The number of benzene rings is 1. The molecule has 0 unspecified atom stereocenters. The van der Waals surface area contributed by atoms with Crippen LogP contribution in [0.1, 0.15) is 33.3 Å². The zero-order valence-corrected chi connectivity index (χ0v) is 9.04. The van der Waals surface area contributed by atoms with E-state index in [1.54, 1.807) is 0 Å². The van der Waals surface area contributed by atoms with Crippen molar-refractivity contribution in [3.05, 3.63) is 35.4 Å². The van der Waals surface area contributed by atoms with E-state index in [2.05, 4.69) is 11.7 Å². The number of hydrogen-bond acceptors (Lipinski definition) is 2. The molecule has 2 nitrogen and oxygen atoms in total. The summed E-state index contributed by atoms with van der Waals surface area (Å²) in [6.45, 7) is 6.27. The van der Waals surface area contributed by atoms with Crippen LogP contribution in [0.5, 0.6) is 0 Å². The first kappa shape index (κ1) is 10.8. The SMILES string of the molecule is CC.[2H]C(=O)OCc1ccc(CC)cc1. The number of carbonyl (C=O) groups is 1. The lowest BCUT2D eigenvalue weighted by Crippen LogP contribution is -1.90. The van der Waals surface area contributed by atoms with Crippen LogP contribution in [0.2, 0.25) is 0 Å². The van der Waals surface area contributed by atoms with Crippen LogP contribution in [0.25, 0.3) is 0 Å². The van der Waals surface area contributed by atoms with E-state index in [-0.39, 0.29) is 6.61 Å². The summed E-state index contributed by atoms with van der Waals surface area (Å²) in [7, 11) is 0. The summed E-state index contributed by atoms with van der Waals surface area (Å²) in [5, 5.41) is 0. The molecule has 0 aliphatic carbocycles. The molecule has 0 aliphatic rings. The van der Waals surface area contributed by atoms with E-state index >= 15 is 0 Å². The third-order valence-electron chi connectivity index (χ3n) is 1.73. The Morgan fingerprint density at radius 1 is 1.29 bits per heavy atom. The maximum atomic E-state index is 10.2. The molecule has 0 heterocycles. The van der Waals surface area contributed by atoms with Gasteiger partial charge in [-0.15, -0.1) is 0 Å². The summed E-state index contributed by atoms with van der Waals surface area (Å²) < 4.78 is 11.1. The molecule has 0 N–H and O–H groups in total. The van der Waals surface area contributed by atoms with Gasteiger partial charge < -0.3 is 4.74 Å². The fourth-order valence-corrected chi connectivity index (χ4v) is 0.984. The van der Waals surface area contributed by atoms with Crippen molar-refractivity contribution in [2.24, 2.45) is 0 Å². The Morgan fingerprint density at radius 3 is 2.21 bits per heavy atom. The van der Waals surface area contributed by atoms with Crippen LogP contribution in [0.4, 0.5) is 0 Å². The van der Waals surface area contributed by atoms with Gasteiger partial charge in [-0.25, -0.2) is 0 Å². The highest BCUT2D eigenvalue weighted by molar-refractivity contribution is 5.37. The van der Waals surface area contributed by atoms with E-state index in [4.69, 9.17) is 1.37 Å². The molecule has 0 bridgehead atoms. The summed E-state index contributed by atoms with van der Waals surface area (Å²) in [4.78, 5) is 10.2. The van der Waals surface area contributed by atoms with Gasteiger partial charge in [0.05, 0.1) is 0 Å². The topological polar surface area (TPSA) is 26.3 Å². The van der Waals surface area contributed by atoms with Gasteiger partial charge in [-0.05, 0) is 17.5 Å². The molecule has 0 amide bonds. The maximum absolute atomic E-state index is 10.2. The van der Waals surface area contributed by atoms with Gasteiger partial charge in [0.25, 0.3) is 6.45 Å². The minimum atomic E-state index is -0.987. The Bertz CT molecular complexity index is 280. The second-order valence-corrected chi connectivity index (χ2v) is 2.54. The van der Waals surface area contributed by atoms with Gasteiger partial charge in [0.1, 0.15) is 6.61 Å². The first-order chi connectivity index (χ1) is 7.22. The highest BCUT2D eigenvalue weighted by Crippen LogP contribution is 2.05. The molecule has 0 saturated carbocycles. The second kappa shape index (κ2) is 8.30. The normalized spacial score (nSPS) is 9.50. The van der Waals surface area contributed by atoms with Crippen LogP contribution in [0.3, 0.4) is 0 Å². The Hall–Kier alpha value is -1.31. The van der Waals surface area contributed by atoms with E-state index in [0.29, 0.717) is 0 Å². The lowest BCUT2D eigenvalue weighted by atomic mass is 10.1. The molecule has 0 atom stereocenters. The van der Waals surface area contributed by atoms with Gasteiger partial charge in [-0.1, -0.05) is 45.0 Å². The summed E-state index contributed by atoms with van der Waals surface area (Å²) >= 11 is 0. The van der Waals surface area contributed by atoms with Crippen LogP contribution in [0.15, 0.2) is 24.3 Å². The molecule has 2 heteroatoms. The summed E-state index contributed by atoms with van der Waals surface area (Å²) in [5.41, 5.74) is 2.17. The first-order valence-corrected chi connectivity index (χ1v) is 4.93. The number of rotatable bonds is 3. The smallest absolute Gasteiger partial charge is 0.293 e. The van der Waals surface area contributed by atoms with Crippen LogP contribution >= 0.6 is 0 Å². The van der Waals surface area contributed by atoms with E-state index < -0.39 is 6.45 Å². The van der Waals surface area contributed by atoms with Crippen molar-refractivity contribution in [3.8, 4) is 0 Å². The second-order valence-electron chi connectivity index (χ2n) is 2.54. The Kier molecular flexibility index (Phi) is 6.38. The van der Waals surface area contributed by atoms with Gasteiger partial charge >= 0.3 is 0 Å². The standard InChI is InChI=1S/C10H12O2.C2H6/c1-2-9-3-5-10(6-4-9)7-12-8-11;1-2/h3-6,8H,2,7H2,1H3;1-2H3/i8D;. The van der Waals surface area contributed by atoms with Crippen molar-refractivity contribution in [1.82, 2.24) is 0 Å². The van der Waals surface area contributed by atoms with Gasteiger partial charge in [-0.3, -0.25) is 4.79 Å². The van der Waals surface area contributed by atoms with E-state index in [1.807, 2.05) is 38.1 Å². The highest BCUT2D eigenvalue weighted by atomic mass is 16.5. The van der Waals surface area contributed by atoms with E-state index in [9.17, 15) is 4.79 Å². The third kappa shape index (κ3) is 4.65. The van der Waals surface area contributed by atoms with Gasteiger partial charge in [0.2, 0.25) is 0 Å². The zero-order chi connectivity index (χ0) is 11.7.